The maximum atomic E-state index is 11.0. The van der Waals surface area contributed by atoms with Gasteiger partial charge in [0.25, 0.3) is 0 Å². The molecule has 0 atom stereocenters. The van der Waals surface area contributed by atoms with Crippen molar-refractivity contribution in [1.82, 2.24) is 0 Å². The Morgan fingerprint density at radius 2 is 1.64 bits per heavy atom. The summed E-state index contributed by atoms with van der Waals surface area (Å²) in [5.41, 5.74) is 0. The molecule has 0 radical (unpaired) electrons. The van der Waals surface area contributed by atoms with E-state index in [1.165, 1.54) is 21.0 Å². The van der Waals surface area contributed by atoms with Gasteiger partial charge < -0.3 is 0 Å². The Hall–Kier alpha value is 0.213. The second-order valence-corrected chi connectivity index (χ2v) is 15.1. The van der Waals surface area contributed by atoms with Gasteiger partial charge in [-0.2, -0.15) is 0 Å². The van der Waals surface area contributed by atoms with Crippen molar-refractivity contribution in [3.8, 4) is 0 Å². The minimum atomic E-state index is -1.39. The third-order valence-corrected chi connectivity index (χ3v) is 15.2. The summed E-state index contributed by atoms with van der Waals surface area (Å²) in [6, 6.07) is 0. The zero-order valence-electron chi connectivity index (χ0n) is 7.65. The molecule has 2 heteroatoms. The van der Waals surface area contributed by atoms with Crippen LogP contribution in [0.1, 0.15) is 26.7 Å². The van der Waals surface area contributed by atoms with Crippen molar-refractivity contribution in [3.05, 3.63) is 0 Å². The molecule has 11 heavy (non-hydrogen) atoms. The zero-order chi connectivity index (χ0) is 8.32. The normalized spacial score (nSPS) is 23.6. The van der Waals surface area contributed by atoms with E-state index in [2.05, 4.69) is 13.8 Å². The summed E-state index contributed by atoms with van der Waals surface area (Å²) in [5.74, 6) is 0.521. The topological polar surface area (TPSA) is 17.1 Å². The molecular formula is C9H18GeO. The number of Topliss-reactive ketones (excluding diaryl/α,β-unsaturated/α-hetero) is 1. The molecule has 0 aromatic rings. The van der Waals surface area contributed by atoms with Crippen LogP contribution in [0.25, 0.3) is 0 Å². The Balaban J connectivity index is 2.52. The standard InChI is InChI=1S/C9H18GeO/c1-3-10(4-2)7-5-9(11)6-8-10/h3-8H2,1-2H3. The monoisotopic (exact) mass is 216 g/mol. The first-order chi connectivity index (χ1) is 5.22. The van der Waals surface area contributed by atoms with Crippen LogP contribution in [0, 0.1) is 0 Å². The Morgan fingerprint density at radius 3 is 2.00 bits per heavy atom. The fourth-order valence-corrected chi connectivity index (χ4v) is 9.95. The van der Waals surface area contributed by atoms with E-state index in [-0.39, 0.29) is 0 Å². The molecule has 0 bridgehead atoms. The third-order valence-electron chi connectivity index (χ3n) is 3.37. The van der Waals surface area contributed by atoms with Gasteiger partial charge in [0.05, 0.1) is 0 Å². The van der Waals surface area contributed by atoms with Crippen molar-refractivity contribution in [2.45, 2.75) is 47.7 Å². The molecule has 0 aromatic carbocycles. The SMILES string of the molecule is C[CH2][Ge]1([CH2]C)[CH2]CC(=O)C[CH2]1. The van der Waals surface area contributed by atoms with Crippen molar-refractivity contribution in [1.29, 1.82) is 0 Å². The summed E-state index contributed by atoms with van der Waals surface area (Å²) < 4.78 is 0. The molecule has 0 saturated carbocycles. The second kappa shape index (κ2) is 3.75. The molecule has 64 valence electrons. The molecule has 0 spiro atoms. The molecule has 0 N–H and O–H groups in total. The Kier molecular flexibility index (Phi) is 3.17. The number of hydrogen-bond donors (Lipinski definition) is 0. The van der Waals surface area contributed by atoms with Crippen LogP contribution in [0.2, 0.25) is 21.0 Å². The second-order valence-electron chi connectivity index (χ2n) is 3.75. The van der Waals surface area contributed by atoms with Gasteiger partial charge in [0.15, 0.2) is 0 Å². The van der Waals surface area contributed by atoms with E-state index in [1.807, 2.05) is 0 Å². The van der Waals surface area contributed by atoms with Gasteiger partial charge in [-0.1, -0.05) is 0 Å². The van der Waals surface area contributed by atoms with Gasteiger partial charge in [-0.05, 0) is 0 Å². The molecule has 1 saturated heterocycles. The molecule has 0 unspecified atom stereocenters. The van der Waals surface area contributed by atoms with E-state index < -0.39 is 13.3 Å². The van der Waals surface area contributed by atoms with Crippen LogP contribution in [-0.2, 0) is 4.79 Å². The van der Waals surface area contributed by atoms with E-state index in [1.54, 1.807) is 0 Å². The van der Waals surface area contributed by atoms with Gasteiger partial charge in [-0.15, -0.1) is 0 Å². The number of ketones is 1. The van der Waals surface area contributed by atoms with Crippen LogP contribution < -0.4 is 0 Å². The van der Waals surface area contributed by atoms with Crippen molar-refractivity contribution in [2.24, 2.45) is 0 Å². The first-order valence-electron chi connectivity index (χ1n) is 4.74. The van der Waals surface area contributed by atoms with Crippen molar-refractivity contribution >= 4 is 19.0 Å². The number of carbonyl (C=O) groups excluding carboxylic acids is 1. The first-order valence-corrected chi connectivity index (χ1v) is 10.7. The Bertz CT molecular complexity index is 138. The van der Waals surface area contributed by atoms with E-state index in [0.29, 0.717) is 5.78 Å². The summed E-state index contributed by atoms with van der Waals surface area (Å²) in [6.45, 7) is 4.67. The predicted octanol–water partition coefficient (Wildman–Crippen LogP) is 2.84. The van der Waals surface area contributed by atoms with Crippen LogP contribution in [-0.4, -0.2) is 19.0 Å². The summed E-state index contributed by atoms with van der Waals surface area (Å²) in [7, 11) is 0. The van der Waals surface area contributed by atoms with Gasteiger partial charge >= 0.3 is 71.5 Å². The Morgan fingerprint density at radius 1 is 1.18 bits per heavy atom. The molecule has 0 amide bonds. The van der Waals surface area contributed by atoms with E-state index >= 15 is 0 Å². The minimum absolute atomic E-state index is 0.521. The summed E-state index contributed by atoms with van der Waals surface area (Å²) in [5, 5.41) is 5.52. The van der Waals surface area contributed by atoms with Crippen LogP contribution in [0.5, 0.6) is 0 Å². The van der Waals surface area contributed by atoms with Crippen LogP contribution in [0.3, 0.4) is 0 Å². The van der Waals surface area contributed by atoms with E-state index in [4.69, 9.17) is 0 Å². The number of hydrogen-bond acceptors (Lipinski definition) is 1. The zero-order valence-corrected chi connectivity index (χ0v) is 9.75. The van der Waals surface area contributed by atoms with Crippen LogP contribution in [0.4, 0.5) is 0 Å². The summed E-state index contributed by atoms with van der Waals surface area (Å²) in [6.07, 6.45) is 1.84. The molecule has 0 aliphatic carbocycles. The van der Waals surface area contributed by atoms with Crippen molar-refractivity contribution < 1.29 is 4.79 Å². The van der Waals surface area contributed by atoms with Gasteiger partial charge in [-0.3, -0.25) is 0 Å². The Labute approximate surface area is 71.9 Å². The van der Waals surface area contributed by atoms with Crippen LogP contribution >= 0.6 is 0 Å². The molecular weight excluding hydrogens is 197 g/mol. The quantitative estimate of drug-likeness (QED) is 0.647. The van der Waals surface area contributed by atoms with E-state index in [0.717, 1.165) is 12.8 Å². The van der Waals surface area contributed by atoms with E-state index in [9.17, 15) is 4.79 Å². The average Bonchev–Trinajstić information content (AvgIpc) is 2.07. The number of carbonyl (C=O) groups is 1. The fourth-order valence-electron chi connectivity index (χ4n) is 2.02. The van der Waals surface area contributed by atoms with Gasteiger partial charge in [0, 0.05) is 0 Å². The van der Waals surface area contributed by atoms with Gasteiger partial charge in [0.1, 0.15) is 0 Å². The van der Waals surface area contributed by atoms with Crippen molar-refractivity contribution in [2.75, 3.05) is 0 Å². The molecule has 0 aromatic heterocycles. The first kappa shape index (κ1) is 9.30. The molecule has 1 nitrogen and oxygen atoms in total. The molecule has 1 fully saturated rings. The molecule has 1 aliphatic heterocycles. The van der Waals surface area contributed by atoms with Crippen LogP contribution in [0.15, 0.2) is 0 Å². The number of rotatable bonds is 2. The molecule has 1 aliphatic rings. The maximum absolute atomic E-state index is 11.0. The van der Waals surface area contributed by atoms with Gasteiger partial charge in [-0.25, -0.2) is 0 Å². The summed E-state index contributed by atoms with van der Waals surface area (Å²) in [4.78, 5) is 11.0. The molecule has 1 rings (SSSR count). The van der Waals surface area contributed by atoms with Crippen molar-refractivity contribution in [3.63, 3.8) is 0 Å². The summed E-state index contributed by atoms with van der Waals surface area (Å²) >= 11 is -1.39. The predicted molar refractivity (Wildman–Crippen MR) is 50.6 cm³/mol. The third kappa shape index (κ3) is 2.08. The average molecular weight is 215 g/mol. The molecule has 1 heterocycles. The fraction of sp³-hybridized carbons (Fsp3) is 0.889. The van der Waals surface area contributed by atoms with Gasteiger partial charge in [0.2, 0.25) is 0 Å².